The van der Waals surface area contributed by atoms with Crippen molar-refractivity contribution in [2.45, 2.75) is 256 Å². The molecule has 12 amide bonds. The minimum atomic E-state index is -1.38. The number of rotatable bonds is 26. The number of phenolic OH excluding ortho intramolecular Hbond substituents is 2. The Hall–Kier alpha value is -8.48. The van der Waals surface area contributed by atoms with Crippen molar-refractivity contribution in [2.24, 2.45) is 46.6 Å². The first-order valence-electron chi connectivity index (χ1n) is 37.5. The molecule has 3 fully saturated rings. The Balaban J connectivity index is 1.64. The number of phenols is 2. The van der Waals surface area contributed by atoms with Crippen LogP contribution < -0.4 is 76.1 Å². The lowest BCUT2D eigenvalue weighted by Gasteiger charge is -2.32. The van der Waals surface area contributed by atoms with Gasteiger partial charge in [0, 0.05) is 25.9 Å². The van der Waals surface area contributed by atoms with Crippen molar-refractivity contribution in [3.8, 4) is 11.5 Å². The molecule has 20 N–H and O–H groups in total. The molecule has 3 heterocycles. The van der Waals surface area contributed by atoms with Crippen molar-refractivity contribution in [2.75, 3.05) is 39.3 Å². The van der Waals surface area contributed by atoms with Crippen molar-refractivity contribution < 1.29 is 67.7 Å². The minimum absolute atomic E-state index is 0.0340. The number of nitrogens with zero attached hydrogens (tertiary/aromatic N) is 2. The van der Waals surface area contributed by atoms with Crippen LogP contribution >= 0.6 is 0 Å². The van der Waals surface area contributed by atoms with Gasteiger partial charge in [-0.05, 0) is 201 Å². The highest BCUT2D eigenvalue weighted by molar-refractivity contribution is 6.00. The SMILES string of the molecule is CC(C)C[C@@H]1NC(=O)[C@H](CCCCN)NC(=O)[C@H](C(C)C)NC(=O)[C@@H]2CCCN2C(=O)[C@@H](Cc2ccc(O)cc2)NC(=O)[C@H](CC(C)C)NC(=O)[C@H](CCCCN)NC(=O)[C@H](C(C)C)NC(=O)[C@H](CCCCN)NC(=O)[C@@H]2CCCN2C(=O)[C@@H](Cc2ccc(O)cc2)NC(=O)[C@H](CCCCN)NC1=O. The van der Waals surface area contributed by atoms with Gasteiger partial charge >= 0.3 is 0 Å². The number of unbranched alkanes of at least 4 members (excludes halogenated alkanes) is 4. The smallest absolute Gasteiger partial charge is 0.246 e. The summed E-state index contributed by atoms with van der Waals surface area (Å²) in [5.74, 6) is -10.5. The maximum atomic E-state index is 15.2. The molecule has 3 aliphatic heterocycles. The van der Waals surface area contributed by atoms with Crippen LogP contribution in [0.3, 0.4) is 0 Å². The van der Waals surface area contributed by atoms with Crippen LogP contribution in [0, 0.1) is 23.7 Å². The first-order chi connectivity index (χ1) is 49.5. The number of nitrogens with two attached hydrogens (primary N) is 4. The van der Waals surface area contributed by atoms with E-state index in [1.165, 1.54) is 34.1 Å². The summed E-state index contributed by atoms with van der Waals surface area (Å²) < 4.78 is 0. The van der Waals surface area contributed by atoms with Crippen LogP contribution in [0.5, 0.6) is 11.5 Å². The topological polar surface area (TPSA) is 476 Å². The van der Waals surface area contributed by atoms with Crippen LogP contribution in [0.2, 0.25) is 0 Å². The minimum Gasteiger partial charge on any atom is -0.508 e. The van der Waals surface area contributed by atoms with Crippen LogP contribution in [-0.2, 0) is 70.4 Å². The predicted molar refractivity (Wildman–Crippen MR) is 393 cm³/mol. The zero-order valence-electron chi connectivity index (χ0n) is 62.2. The van der Waals surface area contributed by atoms with E-state index in [-0.39, 0.29) is 127 Å². The first kappa shape index (κ1) is 86.2. The number of hydrogen-bond acceptors (Lipinski definition) is 18. The summed E-state index contributed by atoms with van der Waals surface area (Å²) in [5, 5.41) is 48.9. The summed E-state index contributed by atoms with van der Waals surface area (Å²) in [6, 6.07) is -3.45. The molecule has 2 aromatic carbocycles. The number of amides is 12. The molecule has 0 unspecified atom stereocenters. The highest BCUT2D eigenvalue weighted by atomic mass is 16.3. The van der Waals surface area contributed by atoms with E-state index in [2.05, 4.69) is 53.2 Å². The third kappa shape index (κ3) is 27.2. The summed E-state index contributed by atoms with van der Waals surface area (Å²) in [6.07, 6.45) is 4.28. The van der Waals surface area contributed by atoms with Crippen LogP contribution in [0.15, 0.2) is 48.5 Å². The van der Waals surface area contributed by atoms with Gasteiger partial charge in [-0.1, -0.05) is 79.7 Å². The van der Waals surface area contributed by atoms with Crippen LogP contribution in [0.4, 0.5) is 0 Å². The summed E-state index contributed by atoms with van der Waals surface area (Å²) >= 11 is 0. The summed E-state index contributed by atoms with van der Waals surface area (Å²) in [5.41, 5.74) is 24.7. The fourth-order valence-electron chi connectivity index (χ4n) is 13.3. The lowest BCUT2D eigenvalue weighted by molar-refractivity contribution is -0.143. The van der Waals surface area contributed by atoms with E-state index in [0.717, 1.165) is 0 Å². The Bertz CT molecular complexity index is 3160. The monoisotopic (exact) mass is 1460 g/mol. The number of hydrogen-bond donors (Lipinski definition) is 16. The molecule has 104 heavy (non-hydrogen) atoms. The first-order valence-corrected chi connectivity index (χ1v) is 37.5. The zero-order chi connectivity index (χ0) is 76.7. The molecule has 580 valence electrons. The predicted octanol–water partition coefficient (Wildman–Crippen LogP) is 0.647. The number of aromatic hydroxyl groups is 2. The molecular weight excluding hydrogens is 1340 g/mol. The Labute approximate surface area is 612 Å². The number of carbonyl (C=O) groups excluding carboxylic acids is 12. The average Bonchev–Trinajstić information content (AvgIpc) is 1.57. The highest BCUT2D eigenvalue weighted by Crippen LogP contribution is 2.25. The van der Waals surface area contributed by atoms with Crippen molar-refractivity contribution in [3.05, 3.63) is 59.7 Å². The van der Waals surface area contributed by atoms with Crippen molar-refractivity contribution >= 4 is 70.9 Å². The molecule has 3 saturated heterocycles. The number of fused-ring (bicyclic) bond motifs is 2. The van der Waals surface area contributed by atoms with Crippen LogP contribution in [0.25, 0.3) is 0 Å². The van der Waals surface area contributed by atoms with Gasteiger partial charge in [-0.25, -0.2) is 0 Å². The maximum absolute atomic E-state index is 15.2. The van der Waals surface area contributed by atoms with Gasteiger partial charge in [0.15, 0.2) is 0 Å². The summed E-state index contributed by atoms with van der Waals surface area (Å²) in [6.45, 7) is 15.2. The van der Waals surface area contributed by atoms with E-state index in [4.69, 9.17) is 22.9 Å². The van der Waals surface area contributed by atoms with Crippen molar-refractivity contribution in [1.29, 1.82) is 0 Å². The molecule has 3 aliphatic rings. The van der Waals surface area contributed by atoms with Crippen LogP contribution in [0.1, 0.15) is 182 Å². The Morgan fingerprint density at radius 1 is 0.346 bits per heavy atom. The van der Waals surface area contributed by atoms with E-state index in [1.807, 2.05) is 27.7 Å². The third-order valence-electron chi connectivity index (χ3n) is 19.2. The molecule has 30 heteroatoms. The zero-order valence-corrected chi connectivity index (χ0v) is 62.2. The second-order valence-electron chi connectivity index (χ2n) is 29.5. The molecule has 0 radical (unpaired) electrons. The molecule has 2 aromatic rings. The van der Waals surface area contributed by atoms with Gasteiger partial charge in [-0.2, -0.15) is 0 Å². The number of carbonyl (C=O) groups is 12. The van der Waals surface area contributed by atoms with Gasteiger partial charge in [-0.15, -0.1) is 0 Å². The fourth-order valence-corrected chi connectivity index (χ4v) is 13.3. The second kappa shape index (κ2) is 43.7. The lowest BCUT2D eigenvalue weighted by Crippen LogP contribution is -2.62. The molecule has 0 aromatic heterocycles. The lowest BCUT2D eigenvalue weighted by atomic mass is 9.98. The molecule has 0 spiro atoms. The third-order valence-corrected chi connectivity index (χ3v) is 19.2. The van der Waals surface area contributed by atoms with Crippen molar-refractivity contribution in [3.63, 3.8) is 0 Å². The van der Waals surface area contributed by atoms with Crippen LogP contribution in [-0.4, -0.2) is 203 Å². The van der Waals surface area contributed by atoms with E-state index >= 15 is 9.59 Å². The van der Waals surface area contributed by atoms with E-state index in [9.17, 15) is 58.2 Å². The van der Waals surface area contributed by atoms with E-state index < -0.39 is 155 Å². The highest BCUT2D eigenvalue weighted by Gasteiger charge is 2.44. The molecule has 0 aliphatic carbocycles. The van der Waals surface area contributed by atoms with Gasteiger partial charge in [0.2, 0.25) is 70.9 Å². The molecule has 0 saturated carbocycles. The average molecular weight is 1460 g/mol. The molecule has 0 bridgehead atoms. The second-order valence-corrected chi connectivity index (χ2v) is 29.5. The Kier molecular flexibility index (Phi) is 36.2. The van der Waals surface area contributed by atoms with Crippen molar-refractivity contribution in [1.82, 2.24) is 63.0 Å². The van der Waals surface area contributed by atoms with E-state index in [1.54, 1.807) is 52.0 Å². The summed E-state index contributed by atoms with van der Waals surface area (Å²) in [7, 11) is 0. The molecule has 30 nitrogen and oxygen atoms in total. The maximum Gasteiger partial charge on any atom is 0.246 e. The quantitative estimate of drug-likeness (QED) is 0.0575. The largest absolute Gasteiger partial charge is 0.508 e. The van der Waals surface area contributed by atoms with E-state index in [0.29, 0.717) is 75.3 Å². The standard InChI is InChI=1S/C74H120N16O14/c1-43(2)39-55-67(97)79-51(19-9-13-33-75)65(95)85-57(41-47-25-29-49(91)30-26-47)73(103)89-37-17-23-59(89)69(99)80-54(22-12-16-36-78)66(96)87-61(45(5)6)71(101)81-52(20-10-14-34-76)64(94)84-56(40-44(3)4)68(98)86-58(42-48-27-31-50(92)32-28-48)74(104)90-38-18-24-60(90)70(100)88-62(46(7)8)72(102)82-53(63(93)83-55)21-11-15-35-77/h25-32,43-46,51-62,91-92H,9-24,33-42,75-78H2,1-8H3,(H,79,97)(H,80,99)(H,81,101)(H,82,102)(H,83,93)(H,84,94)(H,85,95)(H,86,98)(H,87,96)(H,88,100)/t51-,52-,53-,54-,55-,56-,57+,58+,59-,60-,61-,62-/m0/s1. The number of nitrogens with one attached hydrogen (secondary N) is 10. The van der Waals surface area contributed by atoms with Gasteiger partial charge < -0.3 is 96.1 Å². The van der Waals surface area contributed by atoms with Gasteiger partial charge in [0.05, 0.1) is 0 Å². The molecule has 12 atom stereocenters. The number of benzene rings is 2. The normalized spacial score (nSPS) is 25.5. The molecular formula is C74H120N16O14. The molecule has 5 rings (SSSR count). The van der Waals surface area contributed by atoms with Gasteiger partial charge in [-0.3, -0.25) is 57.5 Å². The van der Waals surface area contributed by atoms with Gasteiger partial charge in [0.25, 0.3) is 0 Å². The Morgan fingerprint density at radius 3 is 0.913 bits per heavy atom. The fraction of sp³-hybridized carbons (Fsp3) is 0.676. The summed E-state index contributed by atoms with van der Waals surface area (Å²) in [4.78, 5) is 181. The Morgan fingerprint density at radius 2 is 0.606 bits per heavy atom. The van der Waals surface area contributed by atoms with Gasteiger partial charge in [0.1, 0.15) is 84.0 Å².